The Morgan fingerprint density at radius 2 is 1.66 bits per heavy atom. The van der Waals surface area contributed by atoms with Gasteiger partial charge < -0.3 is 10.2 Å². The molecule has 1 N–H and O–H groups in total. The molecule has 1 aliphatic heterocycles. The van der Waals surface area contributed by atoms with Crippen LogP contribution in [0.3, 0.4) is 0 Å². The summed E-state index contributed by atoms with van der Waals surface area (Å²) in [5.74, 6) is -0.254. The summed E-state index contributed by atoms with van der Waals surface area (Å²) in [6, 6.07) is 11.0. The number of nitrogens with zero attached hydrogens (tertiary/aromatic N) is 3. The summed E-state index contributed by atoms with van der Waals surface area (Å²) in [4.78, 5) is 28.0. The molecule has 0 spiro atoms. The van der Waals surface area contributed by atoms with Crippen LogP contribution >= 0.6 is 11.6 Å². The highest BCUT2D eigenvalue weighted by Gasteiger charge is 2.22. The van der Waals surface area contributed by atoms with Crippen molar-refractivity contribution in [3.8, 4) is 0 Å². The van der Waals surface area contributed by atoms with Crippen molar-refractivity contribution in [3.63, 3.8) is 0 Å². The highest BCUT2D eigenvalue weighted by Crippen LogP contribution is 2.34. The van der Waals surface area contributed by atoms with Crippen molar-refractivity contribution < 1.29 is 4.79 Å². The summed E-state index contributed by atoms with van der Waals surface area (Å²) in [7, 11) is 0. The van der Waals surface area contributed by atoms with E-state index in [2.05, 4.69) is 10.2 Å². The largest absolute Gasteiger partial charge is 0.370 e. The van der Waals surface area contributed by atoms with Gasteiger partial charge in [0.2, 0.25) is 0 Å². The number of halogens is 1. The van der Waals surface area contributed by atoms with Crippen molar-refractivity contribution in [1.29, 1.82) is 0 Å². The van der Waals surface area contributed by atoms with Crippen LogP contribution in [0.4, 0.5) is 11.4 Å². The maximum Gasteiger partial charge on any atom is 0.329 e. The minimum atomic E-state index is -0.254. The van der Waals surface area contributed by atoms with Crippen molar-refractivity contribution >= 4 is 39.9 Å². The van der Waals surface area contributed by atoms with Gasteiger partial charge in [-0.1, -0.05) is 23.7 Å². The Morgan fingerprint density at radius 3 is 2.28 bits per heavy atom. The van der Waals surface area contributed by atoms with Gasteiger partial charge in [-0.3, -0.25) is 13.9 Å². The number of fused-ring (bicyclic) bond motifs is 1. The van der Waals surface area contributed by atoms with Gasteiger partial charge in [-0.25, -0.2) is 4.79 Å². The van der Waals surface area contributed by atoms with Gasteiger partial charge in [-0.05, 0) is 51.0 Å². The van der Waals surface area contributed by atoms with E-state index in [9.17, 15) is 9.59 Å². The normalized spacial score (nSPS) is 14.0. The number of hydrogen-bond acceptors (Lipinski definition) is 3. The van der Waals surface area contributed by atoms with E-state index in [0.29, 0.717) is 29.4 Å². The first kappa shape index (κ1) is 19.6. The Kier molecular flexibility index (Phi) is 5.37. The summed E-state index contributed by atoms with van der Waals surface area (Å²) in [6.07, 6.45) is 2.24. The smallest absolute Gasteiger partial charge is 0.329 e. The maximum atomic E-state index is 12.9. The monoisotopic (exact) mass is 412 g/mol. The molecular formula is C22H25ClN4O2. The number of aromatic nitrogens is 2. The number of carbonyl (C=O) groups is 1. The van der Waals surface area contributed by atoms with Gasteiger partial charge in [0.25, 0.3) is 5.91 Å². The quantitative estimate of drug-likeness (QED) is 0.677. The van der Waals surface area contributed by atoms with Crippen LogP contribution in [0.25, 0.3) is 11.0 Å². The first-order valence-electron chi connectivity index (χ1n) is 10.1. The van der Waals surface area contributed by atoms with Crippen LogP contribution in [0.5, 0.6) is 0 Å². The standard InChI is InChI=1S/C22H25ClN4O2/c1-3-26-19-13-17(24-21(28)15-9-5-6-10-16(15)23)18(25-11-7-8-12-25)14-20(19)27(4-2)22(26)29/h5-6,9-10,13-14H,3-4,7-8,11-12H2,1-2H3,(H,24,28). The van der Waals surface area contributed by atoms with Crippen molar-refractivity contribution in [2.24, 2.45) is 0 Å². The predicted octanol–water partition coefficient (Wildman–Crippen LogP) is 4.35. The predicted molar refractivity (Wildman–Crippen MR) is 118 cm³/mol. The van der Waals surface area contributed by atoms with E-state index in [-0.39, 0.29) is 11.6 Å². The van der Waals surface area contributed by atoms with Crippen LogP contribution in [0.2, 0.25) is 5.02 Å². The second-order valence-corrected chi connectivity index (χ2v) is 7.66. The van der Waals surface area contributed by atoms with Crippen LogP contribution in [0.15, 0.2) is 41.2 Å². The topological polar surface area (TPSA) is 59.3 Å². The number of carbonyl (C=O) groups excluding carboxylic acids is 1. The number of nitrogens with one attached hydrogen (secondary N) is 1. The Balaban J connectivity index is 1.86. The molecule has 0 bridgehead atoms. The van der Waals surface area contributed by atoms with E-state index < -0.39 is 0 Å². The first-order chi connectivity index (χ1) is 14.0. The SMILES string of the molecule is CCn1c(=O)n(CC)c2cc(N3CCCC3)c(NC(=O)c3ccccc3Cl)cc21. The van der Waals surface area contributed by atoms with E-state index in [4.69, 9.17) is 11.6 Å². The summed E-state index contributed by atoms with van der Waals surface area (Å²) in [5.41, 5.74) is 3.80. The molecule has 1 aromatic heterocycles. The van der Waals surface area contributed by atoms with Gasteiger partial charge in [0.15, 0.2) is 0 Å². The van der Waals surface area contributed by atoms with Crippen molar-refractivity contribution in [2.75, 3.05) is 23.3 Å². The lowest BCUT2D eigenvalue weighted by atomic mass is 10.1. The van der Waals surface area contributed by atoms with Gasteiger partial charge in [-0.15, -0.1) is 0 Å². The second kappa shape index (κ2) is 7.95. The number of hydrogen-bond donors (Lipinski definition) is 1. The van der Waals surface area contributed by atoms with Gasteiger partial charge in [-0.2, -0.15) is 0 Å². The van der Waals surface area contributed by atoms with E-state index in [0.717, 1.165) is 42.7 Å². The van der Waals surface area contributed by atoms with Gasteiger partial charge in [0.1, 0.15) is 0 Å². The molecule has 1 fully saturated rings. The molecular weight excluding hydrogens is 388 g/mol. The number of anilines is 2. The molecule has 0 atom stereocenters. The van der Waals surface area contributed by atoms with Gasteiger partial charge in [0.05, 0.1) is 33.0 Å². The van der Waals surface area contributed by atoms with E-state index >= 15 is 0 Å². The molecule has 1 aliphatic rings. The minimum Gasteiger partial charge on any atom is -0.370 e. The fourth-order valence-electron chi connectivity index (χ4n) is 4.12. The van der Waals surface area contributed by atoms with E-state index in [1.165, 1.54) is 0 Å². The Hall–Kier alpha value is -2.73. The third kappa shape index (κ3) is 3.42. The Labute approximate surface area is 174 Å². The number of rotatable bonds is 5. The van der Waals surface area contributed by atoms with Crippen molar-refractivity contribution in [1.82, 2.24) is 9.13 Å². The van der Waals surface area contributed by atoms with Crippen LogP contribution in [0, 0.1) is 0 Å². The molecule has 0 radical (unpaired) electrons. The van der Waals surface area contributed by atoms with Crippen LogP contribution < -0.4 is 15.9 Å². The molecule has 1 saturated heterocycles. The molecule has 2 heterocycles. The molecule has 1 amide bonds. The highest BCUT2D eigenvalue weighted by atomic mass is 35.5. The number of imidazole rings is 1. The van der Waals surface area contributed by atoms with E-state index in [1.807, 2.05) is 26.0 Å². The number of aryl methyl sites for hydroxylation is 2. The minimum absolute atomic E-state index is 0.0213. The zero-order chi connectivity index (χ0) is 20.5. The first-order valence-corrected chi connectivity index (χ1v) is 10.5. The second-order valence-electron chi connectivity index (χ2n) is 7.26. The lowest BCUT2D eigenvalue weighted by Crippen LogP contribution is -2.23. The average Bonchev–Trinajstić information content (AvgIpc) is 3.33. The molecule has 152 valence electrons. The molecule has 6 nitrogen and oxygen atoms in total. The Morgan fingerprint density at radius 1 is 1.03 bits per heavy atom. The summed E-state index contributed by atoms with van der Waals surface area (Å²) in [6.45, 7) is 6.98. The van der Waals surface area contributed by atoms with Crippen LogP contribution in [-0.2, 0) is 13.1 Å². The summed E-state index contributed by atoms with van der Waals surface area (Å²) >= 11 is 6.22. The zero-order valence-electron chi connectivity index (χ0n) is 16.7. The van der Waals surface area contributed by atoms with Gasteiger partial charge in [0, 0.05) is 26.2 Å². The van der Waals surface area contributed by atoms with Crippen LogP contribution in [0.1, 0.15) is 37.0 Å². The molecule has 7 heteroatoms. The number of amides is 1. The van der Waals surface area contributed by atoms with Crippen LogP contribution in [-0.4, -0.2) is 28.1 Å². The molecule has 3 aromatic rings. The Bertz CT molecular complexity index is 1130. The fourth-order valence-corrected chi connectivity index (χ4v) is 4.34. The molecule has 0 unspecified atom stereocenters. The maximum absolute atomic E-state index is 12.9. The lowest BCUT2D eigenvalue weighted by molar-refractivity contribution is 0.102. The van der Waals surface area contributed by atoms with E-state index in [1.54, 1.807) is 33.4 Å². The van der Waals surface area contributed by atoms with Crippen molar-refractivity contribution in [3.05, 3.63) is 57.5 Å². The van der Waals surface area contributed by atoms with Gasteiger partial charge >= 0.3 is 5.69 Å². The average molecular weight is 413 g/mol. The molecule has 29 heavy (non-hydrogen) atoms. The highest BCUT2D eigenvalue weighted by molar-refractivity contribution is 6.34. The summed E-state index contributed by atoms with van der Waals surface area (Å²) < 4.78 is 3.54. The number of benzene rings is 2. The molecule has 4 rings (SSSR count). The molecule has 0 saturated carbocycles. The molecule has 2 aromatic carbocycles. The zero-order valence-corrected chi connectivity index (χ0v) is 17.5. The van der Waals surface area contributed by atoms with Crippen molar-refractivity contribution in [2.45, 2.75) is 39.8 Å². The fraction of sp³-hybridized carbons (Fsp3) is 0.364. The lowest BCUT2D eigenvalue weighted by Gasteiger charge is -2.22. The third-order valence-electron chi connectivity index (χ3n) is 5.58. The third-order valence-corrected chi connectivity index (χ3v) is 5.91. The summed E-state index contributed by atoms with van der Waals surface area (Å²) in [5, 5.41) is 3.46. The molecule has 0 aliphatic carbocycles.